The van der Waals surface area contributed by atoms with E-state index in [9.17, 15) is 0 Å². The van der Waals surface area contributed by atoms with E-state index in [-0.39, 0.29) is 0 Å². The molecule has 2 N–H and O–H groups in total. The van der Waals surface area contributed by atoms with Crippen LogP contribution in [-0.2, 0) is 13.2 Å². The standard InChI is InChI=1S/C14H12Cl3NO/c15-11-4-5-13(10(6-11)7-18)19-8-9-2-1-3-12(16)14(9)17/h1-6H,7-8,18H2. The minimum atomic E-state index is 0.327. The van der Waals surface area contributed by atoms with E-state index in [1.807, 2.05) is 12.1 Å². The second-order valence-electron chi connectivity index (χ2n) is 3.96. The zero-order chi connectivity index (χ0) is 13.8. The highest BCUT2D eigenvalue weighted by Crippen LogP contribution is 2.28. The van der Waals surface area contributed by atoms with E-state index < -0.39 is 0 Å². The summed E-state index contributed by atoms with van der Waals surface area (Å²) < 4.78 is 5.72. The molecular formula is C14H12Cl3NO. The summed E-state index contributed by atoms with van der Waals surface area (Å²) in [6.45, 7) is 0.688. The molecule has 0 bridgehead atoms. The van der Waals surface area contributed by atoms with Gasteiger partial charge < -0.3 is 10.5 Å². The predicted molar refractivity (Wildman–Crippen MR) is 80.1 cm³/mol. The second kappa shape index (κ2) is 6.49. The van der Waals surface area contributed by atoms with Gasteiger partial charge in [0, 0.05) is 22.7 Å². The number of hydrogen-bond donors (Lipinski definition) is 1. The van der Waals surface area contributed by atoms with Crippen molar-refractivity contribution in [2.75, 3.05) is 0 Å². The van der Waals surface area contributed by atoms with Crippen LogP contribution in [-0.4, -0.2) is 0 Å². The molecule has 0 unspecified atom stereocenters. The van der Waals surface area contributed by atoms with Gasteiger partial charge in [-0.15, -0.1) is 0 Å². The first kappa shape index (κ1) is 14.5. The molecular weight excluding hydrogens is 305 g/mol. The average Bonchev–Trinajstić information content (AvgIpc) is 2.41. The third-order valence-corrected chi connectivity index (χ3v) is 3.75. The summed E-state index contributed by atoms with van der Waals surface area (Å²) >= 11 is 18.0. The lowest BCUT2D eigenvalue weighted by atomic mass is 10.2. The fourth-order valence-electron chi connectivity index (χ4n) is 1.66. The van der Waals surface area contributed by atoms with Crippen LogP contribution >= 0.6 is 34.8 Å². The van der Waals surface area contributed by atoms with Gasteiger partial charge in [0.2, 0.25) is 0 Å². The fourth-order valence-corrected chi connectivity index (χ4v) is 2.23. The SMILES string of the molecule is NCc1cc(Cl)ccc1OCc1cccc(Cl)c1Cl. The summed E-state index contributed by atoms with van der Waals surface area (Å²) in [5.41, 5.74) is 7.34. The van der Waals surface area contributed by atoms with Crippen LogP contribution in [0.2, 0.25) is 15.1 Å². The molecule has 0 aliphatic rings. The number of benzene rings is 2. The summed E-state index contributed by atoms with van der Waals surface area (Å²) in [5, 5.41) is 1.65. The molecule has 0 atom stereocenters. The quantitative estimate of drug-likeness (QED) is 0.888. The Balaban J connectivity index is 2.17. The van der Waals surface area contributed by atoms with Gasteiger partial charge in [0.15, 0.2) is 0 Å². The molecule has 0 fully saturated rings. The van der Waals surface area contributed by atoms with Crippen molar-refractivity contribution in [3.05, 3.63) is 62.6 Å². The number of nitrogens with two attached hydrogens (primary N) is 1. The Labute approximate surface area is 127 Å². The molecule has 100 valence electrons. The number of halogens is 3. The van der Waals surface area contributed by atoms with Crippen molar-refractivity contribution >= 4 is 34.8 Å². The molecule has 19 heavy (non-hydrogen) atoms. The van der Waals surface area contributed by atoms with Crippen molar-refractivity contribution in [2.24, 2.45) is 5.73 Å². The van der Waals surface area contributed by atoms with Crippen LogP contribution in [0.25, 0.3) is 0 Å². The van der Waals surface area contributed by atoms with Gasteiger partial charge in [-0.25, -0.2) is 0 Å². The molecule has 2 rings (SSSR count). The Morgan fingerprint density at radius 2 is 1.79 bits per heavy atom. The zero-order valence-electron chi connectivity index (χ0n) is 10.00. The van der Waals surface area contributed by atoms with E-state index in [2.05, 4.69) is 0 Å². The predicted octanol–water partition coefficient (Wildman–Crippen LogP) is 4.68. The molecule has 0 aliphatic heterocycles. The van der Waals surface area contributed by atoms with Crippen molar-refractivity contribution in [3.63, 3.8) is 0 Å². The first-order valence-electron chi connectivity index (χ1n) is 5.66. The molecule has 2 aromatic carbocycles. The molecule has 0 spiro atoms. The van der Waals surface area contributed by atoms with E-state index in [1.165, 1.54) is 0 Å². The molecule has 0 aromatic heterocycles. The lowest BCUT2D eigenvalue weighted by Crippen LogP contribution is -2.03. The molecule has 0 saturated heterocycles. The molecule has 2 aromatic rings. The summed E-state index contributed by atoms with van der Waals surface area (Å²) in [6, 6.07) is 10.8. The van der Waals surface area contributed by atoms with Gasteiger partial charge in [-0.3, -0.25) is 0 Å². The van der Waals surface area contributed by atoms with Crippen LogP contribution in [0.15, 0.2) is 36.4 Å². The summed E-state index contributed by atoms with van der Waals surface area (Å²) in [4.78, 5) is 0. The van der Waals surface area contributed by atoms with E-state index >= 15 is 0 Å². The first-order valence-corrected chi connectivity index (χ1v) is 6.79. The largest absolute Gasteiger partial charge is 0.489 e. The third kappa shape index (κ3) is 3.54. The summed E-state index contributed by atoms with van der Waals surface area (Å²) in [6.07, 6.45) is 0. The minimum absolute atomic E-state index is 0.327. The van der Waals surface area contributed by atoms with Gasteiger partial charge in [0.05, 0.1) is 10.0 Å². The topological polar surface area (TPSA) is 35.2 Å². The van der Waals surface area contributed by atoms with Crippen LogP contribution in [0.3, 0.4) is 0 Å². The summed E-state index contributed by atoms with van der Waals surface area (Å²) in [5.74, 6) is 0.697. The Morgan fingerprint density at radius 3 is 2.53 bits per heavy atom. The highest BCUT2D eigenvalue weighted by atomic mass is 35.5. The number of ether oxygens (including phenoxy) is 1. The maximum atomic E-state index is 6.10. The Morgan fingerprint density at radius 1 is 1.00 bits per heavy atom. The Kier molecular flexibility index (Phi) is 4.94. The molecule has 0 aliphatic carbocycles. The Hall–Kier alpha value is -0.930. The highest BCUT2D eigenvalue weighted by molar-refractivity contribution is 6.42. The van der Waals surface area contributed by atoms with Crippen LogP contribution in [0.5, 0.6) is 5.75 Å². The normalized spacial score (nSPS) is 10.5. The maximum absolute atomic E-state index is 6.10. The van der Waals surface area contributed by atoms with E-state index in [4.69, 9.17) is 45.3 Å². The summed E-state index contributed by atoms with van der Waals surface area (Å²) in [7, 11) is 0. The van der Waals surface area contributed by atoms with Gasteiger partial charge in [-0.2, -0.15) is 0 Å². The van der Waals surface area contributed by atoms with Gasteiger partial charge in [0.1, 0.15) is 12.4 Å². The Bertz CT molecular complexity index is 587. The van der Waals surface area contributed by atoms with Gasteiger partial charge in [-0.05, 0) is 24.3 Å². The van der Waals surface area contributed by atoms with Crippen LogP contribution in [0, 0.1) is 0 Å². The van der Waals surface area contributed by atoms with Gasteiger partial charge in [0.25, 0.3) is 0 Å². The fraction of sp³-hybridized carbons (Fsp3) is 0.143. The first-order chi connectivity index (χ1) is 9.11. The van der Waals surface area contributed by atoms with Crippen molar-refractivity contribution in [3.8, 4) is 5.75 Å². The monoisotopic (exact) mass is 315 g/mol. The van der Waals surface area contributed by atoms with Crippen molar-refractivity contribution in [1.82, 2.24) is 0 Å². The zero-order valence-corrected chi connectivity index (χ0v) is 12.3. The minimum Gasteiger partial charge on any atom is -0.489 e. The van der Waals surface area contributed by atoms with Crippen molar-refractivity contribution < 1.29 is 4.74 Å². The van der Waals surface area contributed by atoms with Crippen molar-refractivity contribution in [1.29, 1.82) is 0 Å². The van der Waals surface area contributed by atoms with E-state index in [0.717, 1.165) is 11.1 Å². The lowest BCUT2D eigenvalue weighted by molar-refractivity contribution is 0.303. The average molecular weight is 317 g/mol. The lowest BCUT2D eigenvalue weighted by Gasteiger charge is -2.12. The number of rotatable bonds is 4. The molecule has 0 radical (unpaired) electrons. The molecule has 0 heterocycles. The number of hydrogen-bond acceptors (Lipinski definition) is 2. The molecule has 0 saturated carbocycles. The maximum Gasteiger partial charge on any atom is 0.124 e. The second-order valence-corrected chi connectivity index (χ2v) is 5.18. The van der Waals surface area contributed by atoms with E-state index in [1.54, 1.807) is 24.3 Å². The molecule has 5 heteroatoms. The van der Waals surface area contributed by atoms with Gasteiger partial charge >= 0.3 is 0 Å². The van der Waals surface area contributed by atoms with E-state index in [0.29, 0.717) is 34.0 Å². The highest BCUT2D eigenvalue weighted by Gasteiger charge is 2.07. The van der Waals surface area contributed by atoms with Crippen LogP contribution in [0.1, 0.15) is 11.1 Å². The van der Waals surface area contributed by atoms with Crippen LogP contribution in [0.4, 0.5) is 0 Å². The van der Waals surface area contributed by atoms with Crippen LogP contribution < -0.4 is 10.5 Å². The third-order valence-electron chi connectivity index (χ3n) is 2.66. The van der Waals surface area contributed by atoms with Gasteiger partial charge in [-0.1, -0.05) is 46.9 Å². The van der Waals surface area contributed by atoms with Crippen molar-refractivity contribution in [2.45, 2.75) is 13.2 Å². The molecule has 0 amide bonds. The smallest absolute Gasteiger partial charge is 0.124 e. The molecule has 2 nitrogen and oxygen atoms in total.